The van der Waals surface area contributed by atoms with E-state index >= 15 is 0 Å². The van der Waals surface area contributed by atoms with Gasteiger partial charge in [0.1, 0.15) is 12.4 Å². The topological polar surface area (TPSA) is 135 Å². The SMILES string of the molecule is COCO[C@H]1CC[C@]23OC(=O)[C@@]1(C)[C@H]2[C@H](C(=O)OC)[C@@]12C[C@@H]([C@@H](COC(C)=O)C[C@H]13)[C@@H](C(=O)O)C2. The van der Waals surface area contributed by atoms with Crippen LogP contribution in [-0.2, 0) is 42.9 Å². The molecule has 1 saturated heterocycles. The molecule has 0 aromatic heterocycles. The average molecular weight is 495 g/mol. The van der Waals surface area contributed by atoms with E-state index in [1.165, 1.54) is 21.1 Å². The van der Waals surface area contributed by atoms with Gasteiger partial charge in [0, 0.05) is 25.9 Å². The number of esters is 3. The monoisotopic (exact) mass is 494 g/mol. The highest BCUT2D eigenvalue weighted by molar-refractivity contribution is 5.86. The van der Waals surface area contributed by atoms with Crippen molar-refractivity contribution in [1.29, 1.82) is 0 Å². The number of ether oxygens (including phenoxy) is 5. The maximum absolute atomic E-state index is 13.5. The largest absolute Gasteiger partial charge is 0.481 e. The zero-order chi connectivity index (χ0) is 25.3. The van der Waals surface area contributed by atoms with E-state index in [4.69, 9.17) is 23.7 Å². The fourth-order valence-corrected chi connectivity index (χ4v) is 9.06. The molecule has 4 bridgehead atoms. The first-order valence-electron chi connectivity index (χ1n) is 12.3. The van der Waals surface area contributed by atoms with Crippen LogP contribution in [0.3, 0.4) is 0 Å². The summed E-state index contributed by atoms with van der Waals surface area (Å²) < 4.78 is 28.0. The van der Waals surface area contributed by atoms with Gasteiger partial charge in [0.25, 0.3) is 0 Å². The van der Waals surface area contributed by atoms with Gasteiger partial charge in [-0.25, -0.2) is 0 Å². The van der Waals surface area contributed by atoms with Gasteiger partial charge in [-0.1, -0.05) is 0 Å². The van der Waals surface area contributed by atoms with Crippen LogP contribution in [0.4, 0.5) is 0 Å². The number of carbonyl (C=O) groups is 4. The van der Waals surface area contributed by atoms with Crippen molar-refractivity contribution in [2.24, 2.45) is 46.3 Å². The van der Waals surface area contributed by atoms with Crippen molar-refractivity contribution in [1.82, 2.24) is 0 Å². The third kappa shape index (κ3) is 3.08. The Morgan fingerprint density at radius 1 is 1.20 bits per heavy atom. The quantitative estimate of drug-likeness (QED) is 0.317. The van der Waals surface area contributed by atoms with E-state index in [-0.39, 0.29) is 31.2 Å². The fraction of sp³-hybridized carbons (Fsp3) is 0.840. The van der Waals surface area contributed by atoms with Crippen molar-refractivity contribution < 1.29 is 48.0 Å². The highest BCUT2D eigenvalue weighted by Gasteiger charge is 2.84. The summed E-state index contributed by atoms with van der Waals surface area (Å²) in [5.41, 5.74) is -2.68. The van der Waals surface area contributed by atoms with Crippen molar-refractivity contribution in [3.05, 3.63) is 0 Å². The van der Waals surface area contributed by atoms with E-state index < -0.39 is 64.2 Å². The molecular formula is C25H34O10. The van der Waals surface area contributed by atoms with Crippen molar-refractivity contribution >= 4 is 23.9 Å². The van der Waals surface area contributed by atoms with Crippen LogP contribution in [0.5, 0.6) is 0 Å². The van der Waals surface area contributed by atoms with Crippen molar-refractivity contribution in [2.45, 2.75) is 57.7 Å². The molecule has 0 aromatic rings. The second kappa shape index (κ2) is 8.16. The molecule has 0 aromatic carbocycles. The number of carbonyl (C=O) groups excluding carboxylic acids is 3. The maximum Gasteiger partial charge on any atom is 0.315 e. The molecule has 0 amide bonds. The first kappa shape index (κ1) is 24.5. The summed E-state index contributed by atoms with van der Waals surface area (Å²) in [6.07, 6.45) is 1.90. The Bertz CT molecular complexity index is 949. The smallest absolute Gasteiger partial charge is 0.315 e. The second-order valence-electron chi connectivity index (χ2n) is 11.3. The average Bonchev–Trinajstić information content (AvgIpc) is 3.32. The Labute approximate surface area is 203 Å². The highest BCUT2D eigenvalue weighted by atomic mass is 16.7. The summed E-state index contributed by atoms with van der Waals surface area (Å²) in [7, 11) is 2.85. The lowest BCUT2D eigenvalue weighted by Crippen LogP contribution is -2.54. The van der Waals surface area contributed by atoms with Crippen molar-refractivity contribution in [3.8, 4) is 0 Å². The van der Waals surface area contributed by atoms with Crippen molar-refractivity contribution in [2.75, 3.05) is 27.6 Å². The fourth-order valence-electron chi connectivity index (χ4n) is 9.06. The van der Waals surface area contributed by atoms with Gasteiger partial charge in [-0.2, -0.15) is 0 Å². The van der Waals surface area contributed by atoms with Gasteiger partial charge in [-0.05, 0) is 56.3 Å². The van der Waals surface area contributed by atoms with E-state index in [9.17, 15) is 24.3 Å². The van der Waals surface area contributed by atoms with Crippen LogP contribution in [0.15, 0.2) is 0 Å². The van der Waals surface area contributed by atoms with Gasteiger partial charge in [0.05, 0.1) is 37.1 Å². The molecule has 5 rings (SSSR count). The van der Waals surface area contributed by atoms with Gasteiger partial charge >= 0.3 is 23.9 Å². The molecule has 1 N–H and O–H groups in total. The van der Waals surface area contributed by atoms with Gasteiger partial charge in [-0.15, -0.1) is 0 Å². The molecule has 10 atom stereocenters. The van der Waals surface area contributed by atoms with Gasteiger partial charge < -0.3 is 28.8 Å². The third-order valence-corrected chi connectivity index (χ3v) is 10.1. The molecule has 194 valence electrons. The normalized spacial score (nSPS) is 47.0. The number of hydrogen-bond donors (Lipinski definition) is 1. The first-order chi connectivity index (χ1) is 16.6. The summed E-state index contributed by atoms with van der Waals surface area (Å²) >= 11 is 0. The van der Waals surface area contributed by atoms with Crippen LogP contribution in [0, 0.1) is 46.3 Å². The number of hydrogen-bond acceptors (Lipinski definition) is 9. The molecule has 1 aliphatic heterocycles. The molecule has 35 heavy (non-hydrogen) atoms. The van der Waals surface area contributed by atoms with E-state index in [0.717, 1.165) is 0 Å². The summed E-state index contributed by atoms with van der Waals surface area (Å²) in [6, 6.07) is 0. The van der Waals surface area contributed by atoms with Crippen LogP contribution in [-0.4, -0.2) is 68.3 Å². The molecule has 10 nitrogen and oxygen atoms in total. The number of carboxylic acid groups (broad SMARTS) is 1. The Kier molecular flexibility index (Phi) is 5.71. The molecule has 5 aliphatic rings. The van der Waals surface area contributed by atoms with E-state index in [1.54, 1.807) is 0 Å². The number of carboxylic acids is 1. The lowest BCUT2D eigenvalue weighted by atomic mass is 9.58. The van der Waals surface area contributed by atoms with E-state index in [1.807, 2.05) is 6.92 Å². The maximum atomic E-state index is 13.5. The zero-order valence-electron chi connectivity index (χ0n) is 20.6. The van der Waals surface area contributed by atoms with E-state index in [0.29, 0.717) is 32.1 Å². The summed E-state index contributed by atoms with van der Waals surface area (Å²) in [5.74, 6) is -4.69. The molecule has 10 heteroatoms. The van der Waals surface area contributed by atoms with Crippen LogP contribution >= 0.6 is 0 Å². The number of fused-ring (bicyclic) bond motifs is 1. The minimum Gasteiger partial charge on any atom is -0.481 e. The van der Waals surface area contributed by atoms with Crippen LogP contribution in [0.25, 0.3) is 0 Å². The first-order valence-corrected chi connectivity index (χ1v) is 12.3. The van der Waals surface area contributed by atoms with Crippen molar-refractivity contribution in [3.63, 3.8) is 0 Å². The van der Waals surface area contributed by atoms with Crippen LogP contribution in [0.1, 0.15) is 46.0 Å². The van der Waals surface area contributed by atoms with Gasteiger partial charge in [-0.3, -0.25) is 19.2 Å². The molecule has 1 heterocycles. The minimum atomic E-state index is -1.09. The Morgan fingerprint density at radius 3 is 2.57 bits per heavy atom. The molecule has 0 unspecified atom stereocenters. The van der Waals surface area contributed by atoms with Gasteiger partial charge in [0.15, 0.2) is 0 Å². The van der Waals surface area contributed by atoms with Crippen LogP contribution in [0.2, 0.25) is 0 Å². The molecular weight excluding hydrogens is 460 g/mol. The van der Waals surface area contributed by atoms with Crippen LogP contribution < -0.4 is 0 Å². The lowest BCUT2D eigenvalue weighted by Gasteiger charge is -2.47. The lowest BCUT2D eigenvalue weighted by molar-refractivity contribution is -0.172. The molecule has 4 saturated carbocycles. The predicted molar refractivity (Wildman–Crippen MR) is 116 cm³/mol. The summed E-state index contributed by atoms with van der Waals surface area (Å²) in [5, 5.41) is 10.1. The van der Waals surface area contributed by atoms with Gasteiger partial charge in [0.2, 0.25) is 0 Å². The molecule has 1 spiro atoms. The summed E-state index contributed by atoms with van der Waals surface area (Å²) in [6.45, 7) is 3.27. The Morgan fingerprint density at radius 2 is 1.94 bits per heavy atom. The second-order valence-corrected chi connectivity index (χ2v) is 11.3. The third-order valence-electron chi connectivity index (χ3n) is 10.1. The molecule has 0 radical (unpaired) electrons. The van der Waals surface area contributed by atoms with E-state index in [2.05, 4.69) is 0 Å². The Hall–Kier alpha value is -2.20. The minimum absolute atomic E-state index is 0.0122. The number of aliphatic carboxylic acids is 1. The summed E-state index contributed by atoms with van der Waals surface area (Å²) in [4.78, 5) is 51.0. The standard InChI is InChI=1S/C25H34O10/c1-12(26)33-10-13-7-16-24(8-14(13)15(9-24)20(27)28)18(21(29)32-4)19-23(2)17(34-11-31-3)5-6-25(16,19)35-22(23)30/h13-19H,5-11H2,1-4H3,(H,27,28)/t13-,14+,15+,16-,17+,18-,19-,23-,24-,25-/m1/s1. The predicted octanol–water partition coefficient (Wildman–Crippen LogP) is 1.79. The Balaban J connectivity index is 1.63. The molecule has 5 fully saturated rings. The number of methoxy groups -OCH3 is 2. The highest BCUT2D eigenvalue weighted by Crippen LogP contribution is 2.79. The molecule has 4 aliphatic carbocycles. The zero-order valence-corrected chi connectivity index (χ0v) is 20.6. The number of rotatable bonds is 7.